The number of nitrogens with zero attached hydrogens (tertiary/aromatic N) is 1. The molecule has 3 aliphatic heterocycles. The van der Waals surface area contributed by atoms with Gasteiger partial charge < -0.3 is 26.6 Å². The lowest BCUT2D eigenvalue weighted by Gasteiger charge is -2.53. The molecule has 10 unspecified atom stereocenters. The van der Waals surface area contributed by atoms with Gasteiger partial charge in [0.15, 0.2) is 0 Å². The number of hydrogen-bond donors (Lipinski definition) is 4. The number of unbranched alkanes of at least 4 members (excludes halogenated alkanes) is 3. The van der Waals surface area contributed by atoms with Crippen LogP contribution in [0.1, 0.15) is 124 Å². The predicted octanol–water partition coefficient (Wildman–Crippen LogP) is 6.64. The molecule has 0 radical (unpaired) electrons. The van der Waals surface area contributed by atoms with Crippen molar-refractivity contribution in [1.29, 1.82) is 0 Å². The summed E-state index contributed by atoms with van der Waals surface area (Å²) in [5, 5.41) is 10.4. The number of likely N-dealkylation sites (tertiary alicyclic amines) is 1. The van der Waals surface area contributed by atoms with Gasteiger partial charge in [-0.05, 0) is 75.7 Å². The molecule has 10 atom stereocenters. The van der Waals surface area contributed by atoms with E-state index in [4.69, 9.17) is 5.73 Å². The number of nitrogens with two attached hydrogens (primary N) is 1. The molecule has 5 rings (SSSR count). The fourth-order valence-corrected chi connectivity index (χ4v) is 10.3. The Morgan fingerprint density at radius 1 is 1.15 bits per heavy atom. The minimum absolute atomic E-state index is 0.00296. The second-order valence-corrected chi connectivity index (χ2v) is 16.6. The highest BCUT2D eigenvalue weighted by atomic mass is 19.1. The minimum Gasteiger partial charge on any atom is -0.351 e. The van der Waals surface area contributed by atoms with Crippen LogP contribution in [-0.4, -0.2) is 73.9 Å². The van der Waals surface area contributed by atoms with Gasteiger partial charge in [0.05, 0.1) is 5.92 Å². The molecule has 2 saturated heterocycles. The molecule has 1 spiro atoms. The van der Waals surface area contributed by atoms with E-state index >= 15 is 4.39 Å². The van der Waals surface area contributed by atoms with Gasteiger partial charge in [-0.15, -0.1) is 0 Å². The molecule has 2 aliphatic carbocycles. The van der Waals surface area contributed by atoms with Gasteiger partial charge >= 0.3 is 0 Å². The summed E-state index contributed by atoms with van der Waals surface area (Å²) in [5.74, 6) is 1.01. The van der Waals surface area contributed by atoms with Gasteiger partial charge in [0, 0.05) is 55.8 Å². The quantitative estimate of drug-likeness (QED) is 0.189. The average Bonchev–Trinajstić information content (AvgIpc) is 2.99. The Bertz CT molecular complexity index is 998. The molecular weight excluding hydrogens is 580 g/mol. The first-order valence-electron chi connectivity index (χ1n) is 19.3. The summed E-state index contributed by atoms with van der Waals surface area (Å²) in [6, 6.07) is -1.04. The summed E-state index contributed by atoms with van der Waals surface area (Å²) in [7, 11) is 2.20. The van der Waals surface area contributed by atoms with Crippen molar-refractivity contribution < 1.29 is 13.6 Å². The zero-order valence-electron chi connectivity index (χ0n) is 29.6. The summed E-state index contributed by atoms with van der Waals surface area (Å²) in [6.45, 7) is 8.22. The van der Waals surface area contributed by atoms with Crippen LogP contribution in [-0.2, 0) is 4.79 Å². The van der Waals surface area contributed by atoms with E-state index in [1.54, 1.807) is 6.08 Å². The van der Waals surface area contributed by atoms with Crippen molar-refractivity contribution in [3.63, 3.8) is 0 Å². The number of piperidine rings is 2. The van der Waals surface area contributed by atoms with Crippen molar-refractivity contribution in [1.82, 2.24) is 20.9 Å². The molecule has 46 heavy (non-hydrogen) atoms. The van der Waals surface area contributed by atoms with Crippen LogP contribution in [0.3, 0.4) is 0 Å². The lowest BCUT2D eigenvalue weighted by Crippen LogP contribution is -2.67. The van der Waals surface area contributed by atoms with Gasteiger partial charge in [-0.2, -0.15) is 0 Å². The van der Waals surface area contributed by atoms with Gasteiger partial charge in [0.1, 0.15) is 12.0 Å². The highest BCUT2D eigenvalue weighted by Gasteiger charge is 2.50. The first-order valence-corrected chi connectivity index (χ1v) is 19.3. The molecule has 0 aromatic rings. The van der Waals surface area contributed by atoms with E-state index in [1.807, 2.05) is 6.92 Å². The SMILES string of the molecule is CCCCCCC1NCC(NC(=O)C(C(C)N)C2CC3(C/C=C(/F)CN2)CCCCC3)C(C2CC(C)C(C3CCC3)CN2C)C1F. The lowest BCUT2D eigenvalue weighted by atomic mass is 9.65. The number of hydrogen-bond acceptors (Lipinski definition) is 5. The first-order chi connectivity index (χ1) is 22.1. The first kappa shape index (κ1) is 36.2. The van der Waals surface area contributed by atoms with E-state index in [0.717, 1.165) is 76.7 Å². The molecule has 6 nitrogen and oxygen atoms in total. The van der Waals surface area contributed by atoms with Crippen molar-refractivity contribution in [2.24, 2.45) is 40.7 Å². The van der Waals surface area contributed by atoms with E-state index in [9.17, 15) is 9.18 Å². The van der Waals surface area contributed by atoms with E-state index < -0.39 is 18.1 Å². The third-order valence-electron chi connectivity index (χ3n) is 13.3. The van der Waals surface area contributed by atoms with Crippen molar-refractivity contribution in [2.45, 2.75) is 160 Å². The third kappa shape index (κ3) is 8.55. The fourth-order valence-electron chi connectivity index (χ4n) is 10.3. The molecule has 0 aromatic carbocycles. The van der Waals surface area contributed by atoms with Crippen LogP contribution in [0.25, 0.3) is 0 Å². The molecule has 4 fully saturated rings. The van der Waals surface area contributed by atoms with Crippen LogP contribution in [0.5, 0.6) is 0 Å². The molecule has 2 saturated carbocycles. The minimum atomic E-state index is -1.03. The third-order valence-corrected chi connectivity index (χ3v) is 13.3. The van der Waals surface area contributed by atoms with E-state index in [2.05, 4.69) is 41.7 Å². The second kappa shape index (κ2) is 16.5. The fraction of sp³-hybridized carbons (Fsp3) is 0.921. The largest absolute Gasteiger partial charge is 0.351 e. The summed E-state index contributed by atoms with van der Waals surface area (Å²) in [5.41, 5.74) is 6.62. The predicted molar refractivity (Wildman–Crippen MR) is 185 cm³/mol. The van der Waals surface area contributed by atoms with Crippen LogP contribution < -0.4 is 21.7 Å². The Balaban J connectivity index is 1.34. The number of nitrogens with one attached hydrogen (secondary N) is 3. The number of alkyl halides is 1. The maximum Gasteiger partial charge on any atom is 0.226 e. The number of carbonyl (C=O) groups excluding carboxylic acids is 1. The number of halogens is 2. The van der Waals surface area contributed by atoms with Gasteiger partial charge in [0.2, 0.25) is 5.91 Å². The van der Waals surface area contributed by atoms with Gasteiger partial charge in [-0.1, -0.05) is 84.1 Å². The number of amides is 1. The molecule has 0 aromatic heterocycles. The molecule has 264 valence electrons. The maximum atomic E-state index is 16.9. The van der Waals surface area contributed by atoms with E-state index in [0.29, 0.717) is 18.4 Å². The van der Waals surface area contributed by atoms with Crippen LogP contribution >= 0.6 is 0 Å². The monoisotopic (exact) mass is 648 g/mol. The summed E-state index contributed by atoms with van der Waals surface area (Å²) in [4.78, 5) is 16.8. The Labute approximate surface area is 279 Å². The zero-order chi connectivity index (χ0) is 32.8. The number of allylic oxidation sites excluding steroid dienone is 1. The van der Waals surface area contributed by atoms with Crippen molar-refractivity contribution in [3.05, 3.63) is 11.9 Å². The Kier molecular flexibility index (Phi) is 13.0. The molecule has 5 aliphatic rings. The van der Waals surface area contributed by atoms with Gasteiger partial charge in [0.25, 0.3) is 0 Å². The molecule has 8 heteroatoms. The molecule has 0 bridgehead atoms. The van der Waals surface area contributed by atoms with Crippen molar-refractivity contribution >= 4 is 5.91 Å². The zero-order valence-corrected chi connectivity index (χ0v) is 29.6. The molecule has 3 heterocycles. The highest BCUT2D eigenvalue weighted by Crippen LogP contribution is 2.46. The van der Waals surface area contributed by atoms with E-state index in [1.165, 1.54) is 38.5 Å². The Morgan fingerprint density at radius 2 is 1.91 bits per heavy atom. The highest BCUT2D eigenvalue weighted by molar-refractivity contribution is 5.80. The molecule has 5 N–H and O–H groups in total. The van der Waals surface area contributed by atoms with Crippen LogP contribution in [0.2, 0.25) is 0 Å². The standard InChI is InChI=1S/C38H67F2N5O/c1-5-6-7-9-15-30-36(40)35(33-20-25(2)29(24-45(33)4)27-13-12-14-27)32(23-43-30)44-37(46)34(26(3)41)31-21-38(17-10-8-11-18-38)19-16-28(39)22-42-31/h16,25-27,29-36,42-43H,5-15,17-24,41H2,1-4H3,(H,44,46)/b28-16+. The van der Waals surface area contributed by atoms with E-state index in [-0.39, 0.29) is 53.8 Å². The van der Waals surface area contributed by atoms with Crippen LogP contribution in [0.4, 0.5) is 8.78 Å². The number of rotatable bonds is 11. The summed E-state index contributed by atoms with van der Waals surface area (Å²) >= 11 is 0. The lowest BCUT2D eigenvalue weighted by molar-refractivity contribution is -0.129. The topological polar surface area (TPSA) is 82.4 Å². The average molecular weight is 648 g/mol. The maximum absolute atomic E-state index is 16.9. The van der Waals surface area contributed by atoms with Crippen molar-refractivity contribution in [3.8, 4) is 0 Å². The smallest absolute Gasteiger partial charge is 0.226 e. The molecular formula is C38H67F2N5O. The van der Waals surface area contributed by atoms with Crippen LogP contribution in [0.15, 0.2) is 11.9 Å². The van der Waals surface area contributed by atoms with Gasteiger partial charge in [-0.25, -0.2) is 8.78 Å². The second-order valence-electron chi connectivity index (χ2n) is 16.6. The van der Waals surface area contributed by atoms with Gasteiger partial charge in [-0.3, -0.25) is 4.79 Å². The Morgan fingerprint density at radius 3 is 2.59 bits per heavy atom. The summed E-state index contributed by atoms with van der Waals surface area (Å²) < 4.78 is 31.7. The summed E-state index contributed by atoms with van der Waals surface area (Å²) in [6.07, 6.45) is 18.3. The van der Waals surface area contributed by atoms with Crippen LogP contribution in [0, 0.1) is 35.0 Å². The normalized spacial score (nSPS) is 38.5. The van der Waals surface area contributed by atoms with Crippen molar-refractivity contribution in [2.75, 3.05) is 26.7 Å². The number of carbonyl (C=O) groups is 1. The Hall–Kier alpha value is -1.09. The molecule has 1 amide bonds.